The molecule has 0 aliphatic heterocycles. The maximum atomic E-state index is 15.1. The Morgan fingerprint density at radius 2 is 1.39 bits per heavy atom. The van der Waals surface area contributed by atoms with E-state index in [-0.39, 0.29) is 6.04 Å². The molecule has 2 nitrogen and oxygen atoms in total. The molecule has 0 N–H and O–H groups in total. The fourth-order valence-corrected chi connectivity index (χ4v) is 9.73. The average molecular weight is 525 g/mol. The first-order valence-corrected chi connectivity index (χ1v) is 15.7. The van der Waals surface area contributed by atoms with Gasteiger partial charge in [-0.3, -0.25) is 0 Å². The zero-order valence-corrected chi connectivity index (χ0v) is 22.3. The molecular formula is C29H36NOPSe. The average Bonchev–Trinajstić information content (AvgIpc) is 2.88. The zero-order valence-electron chi connectivity index (χ0n) is 19.7. The van der Waals surface area contributed by atoms with Crippen molar-refractivity contribution in [2.24, 2.45) is 0 Å². The van der Waals surface area contributed by atoms with Gasteiger partial charge in [0.25, 0.3) is 0 Å². The first-order valence-electron chi connectivity index (χ1n) is 12.0. The number of hydrogen-bond acceptors (Lipinski definition) is 1. The molecule has 0 aliphatic carbocycles. The van der Waals surface area contributed by atoms with Crippen molar-refractivity contribution in [1.29, 1.82) is 0 Å². The molecule has 3 aromatic rings. The summed E-state index contributed by atoms with van der Waals surface area (Å²) in [6.45, 7) is 6.92. The fraction of sp³-hybridized carbons (Fsp3) is 0.310. The van der Waals surface area contributed by atoms with E-state index in [0.29, 0.717) is 21.5 Å². The summed E-state index contributed by atoms with van der Waals surface area (Å²) < 4.78 is 18.8. The van der Waals surface area contributed by atoms with Crippen LogP contribution in [0, 0.1) is 0 Å². The molecule has 0 amide bonds. The normalized spacial score (nSPS) is 12.5. The third-order valence-corrected chi connectivity index (χ3v) is 11.5. The standard InChI is InChI=1S/C29H36NOPSe/c1-3-5-6-10-17-26(25-33-29-22-15-9-16-23-29)30(24-4-2)32(31,27-18-11-7-12-19-27)28-20-13-8-14-21-28/h4,7-9,11-16,18-23,26H,2-3,5-6,10,17,24-25H2,1H3. The summed E-state index contributed by atoms with van der Waals surface area (Å²) in [5, 5.41) is 2.85. The van der Waals surface area contributed by atoms with E-state index >= 15 is 4.57 Å². The number of benzene rings is 3. The Hall–Kier alpha value is -1.89. The van der Waals surface area contributed by atoms with Crippen LogP contribution in [0.15, 0.2) is 104 Å². The zero-order chi connectivity index (χ0) is 23.4. The third kappa shape index (κ3) is 7.05. The summed E-state index contributed by atoms with van der Waals surface area (Å²) in [5.74, 6) is 0. The summed E-state index contributed by atoms with van der Waals surface area (Å²) >= 11 is 0.328. The van der Waals surface area contributed by atoms with Crippen molar-refractivity contribution >= 4 is 37.3 Å². The molecule has 0 saturated heterocycles. The van der Waals surface area contributed by atoms with Crippen molar-refractivity contribution in [2.75, 3.05) is 6.54 Å². The Bertz CT molecular complexity index is 950. The molecule has 0 saturated carbocycles. The Morgan fingerprint density at radius 1 is 0.848 bits per heavy atom. The molecule has 0 spiro atoms. The number of hydrogen-bond donors (Lipinski definition) is 0. The quantitative estimate of drug-likeness (QED) is 0.109. The second kappa shape index (κ2) is 13.7. The molecule has 0 bridgehead atoms. The van der Waals surface area contributed by atoms with Crippen molar-refractivity contribution in [3.05, 3.63) is 104 Å². The molecule has 1 unspecified atom stereocenters. The topological polar surface area (TPSA) is 20.3 Å². The van der Waals surface area contributed by atoms with Crippen LogP contribution in [0.2, 0.25) is 5.32 Å². The molecule has 33 heavy (non-hydrogen) atoms. The Kier molecular flexibility index (Phi) is 10.7. The van der Waals surface area contributed by atoms with Crippen LogP contribution in [-0.4, -0.2) is 32.2 Å². The second-order valence-electron chi connectivity index (χ2n) is 8.29. The van der Waals surface area contributed by atoms with Gasteiger partial charge in [0.05, 0.1) is 0 Å². The van der Waals surface area contributed by atoms with Crippen LogP contribution >= 0.6 is 7.29 Å². The van der Waals surface area contributed by atoms with Gasteiger partial charge in [-0.15, -0.1) is 0 Å². The Balaban J connectivity index is 2.00. The molecule has 4 heteroatoms. The van der Waals surface area contributed by atoms with Crippen molar-refractivity contribution in [3.63, 3.8) is 0 Å². The predicted octanol–water partition coefficient (Wildman–Crippen LogP) is 6.19. The SMILES string of the molecule is C=CCN(C(CCCCCC)C[Se]c1ccccc1)P(=O)(c1ccccc1)c1ccccc1. The summed E-state index contributed by atoms with van der Waals surface area (Å²) in [6.07, 6.45) is 7.86. The molecule has 3 aromatic carbocycles. The molecule has 0 fully saturated rings. The number of nitrogens with zero attached hydrogens (tertiary/aromatic N) is 1. The van der Waals surface area contributed by atoms with Gasteiger partial charge in [-0.05, 0) is 0 Å². The van der Waals surface area contributed by atoms with Crippen LogP contribution in [0.5, 0.6) is 0 Å². The molecule has 0 aromatic heterocycles. The van der Waals surface area contributed by atoms with Crippen molar-refractivity contribution in [2.45, 2.75) is 50.4 Å². The van der Waals surface area contributed by atoms with Crippen LogP contribution in [-0.2, 0) is 4.57 Å². The van der Waals surface area contributed by atoms with E-state index in [9.17, 15) is 0 Å². The van der Waals surface area contributed by atoms with E-state index in [1.54, 1.807) is 0 Å². The fourth-order valence-electron chi connectivity index (χ4n) is 4.17. The third-order valence-electron chi connectivity index (χ3n) is 5.89. The summed E-state index contributed by atoms with van der Waals surface area (Å²) in [6, 6.07) is 31.1. The van der Waals surface area contributed by atoms with Gasteiger partial charge in [0.1, 0.15) is 0 Å². The summed E-state index contributed by atoms with van der Waals surface area (Å²) in [5.41, 5.74) is 0. The molecule has 174 valence electrons. The summed E-state index contributed by atoms with van der Waals surface area (Å²) in [4.78, 5) is 0. The summed E-state index contributed by atoms with van der Waals surface area (Å²) in [7, 11) is -3.01. The van der Waals surface area contributed by atoms with Gasteiger partial charge in [-0.25, -0.2) is 0 Å². The van der Waals surface area contributed by atoms with Crippen LogP contribution in [0.1, 0.15) is 39.0 Å². The van der Waals surface area contributed by atoms with E-state index in [1.807, 2.05) is 66.7 Å². The maximum absolute atomic E-state index is 15.1. The van der Waals surface area contributed by atoms with Gasteiger partial charge in [-0.2, -0.15) is 0 Å². The molecule has 0 heterocycles. The number of unbranched alkanes of at least 4 members (excludes halogenated alkanes) is 3. The predicted molar refractivity (Wildman–Crippen MR) is 146 cm³/mol. The minimum atomic E-state index is -3.01. The minimum absolute atomic E-state index is 0.242. The van der Waals surface area contributed by atoms with E-state index in [2.05, 4.69) is 48.5 Å². The second-order valence-corrected chi connectivity index (χ2v) is 13.3. The first-order chi connectivity index (χ1) is 16.2. The van der Waals surface area contributed by atoms with Crippen LogP contribution in [0.25, 0.3) is 0 Å². The number of rotatable bonds is 14. The van der Waals surface area contributed by atoms with Crippen molar-refractivity contribution in [1.82, 2.24) is 4.67 Å². The first kappa shape index (κ1) is 25.7. The van der Waals surface area contributed by atoms with E-state index in [4.69, 9.17) is 0 Å². The van der Waals surface area contributed by atoms with Gasteiger partial charge in [0, 0.05) is 0 Å². The van der Waals surface area contributed by atoms with Crippen molar-refractivity contribution < 1.29 is 4.57 Å². The van der Waals surface area contributed by atoms with E-state index < -0.39 is 7.29 Å². The molecule has 3 rings (SSSR count). The van der Waals surface area contributed by atoms with E-state index in [0.717, 1.165) is 22.3 Å². The Morgan fingerprint density at radius 3 is 1.91 bits per heavy atom. The van der Waals surface area contributed by atoms with E-state index in [1.165, 1.54) is 30.1 Å². The monoisotopic (exact) mass is 525 g/mol. The van der Waals surface area contributed by atoms with Gasteiger partial charge in [0.15, 0.2) is 0 Å². The molecule has 0 radical (unpaired) electrons. The van der Waals surface area contributed by atoms with Crippen molar-refractivity contribution in [3.8, 4) is 0 Å². The van der Waals surface area contributed by atoms with Gasteiger partial charge < -0.3 is 0 Å². The van der Waals surface area contributed by atoms with Gasteiger partial charge in [0.2, 0.25) is 0 Å². The van der Waals surface area contributed by atoms with Crippen LogP contribution in [0.3, 0.4) is 0 Å². The Labute approximate surface area is 206 Å². The van der Waals surface area contributed by atoms with Crippen LogP contribution in [0.4, 0.5) is 0 Å². The molecule has 0 aliphatic rings. The molecule has 1 atom stereocenters. The van der Waals surface area contributed by atoms with Gasteiger partial charge in [-0.1, -0.05) is 0 Å². The van der Waals surface area contributed by atoms with Crippen LogP contribution < -0.4 is 15.1 Å². The van der Waals surface area contributed by atoms with Gasteiger partial charge >= 0.3 is 207 Å². The molecular weight excluding hydrogens is 488 g/mol.